The van der Waals surface area contributed by atoms with Crippen molar-refractivity contribution in [1.29, 1.82) is 0 Å². The number of non-ortho nitro benzene ring substituents is 1. The topological polar surface area (TPSA) is 130 Å². The monoisotopic (exact) mass is 609 g/mol. The molecule has 0 spiro atoms. The Labute approximate surface area is 261 Å². The predicted molar refractivity (Wildman–Crippen MR) is 169 cm³/mol. The fraction of sp³-hybridized carbons (Fsp3) is 0.294. The lowest BCUT2D eigenvalue weighted by Crippen LogP contribution is -2.49. The fourth-order valence-corrected chi connectivity index (χ4v) is 5.72. The first-order chi connectivity index (χ1) is 21.9. The first-order valence-electron chi connectivity index (χ1n) is 15.0. The predicted octanol–water partition coefficient (Wildman–Crippen LogP) is 5.10. The second-order valence-electron chi connectivity index (χ2n) is 11.2. The number of ether oxygens (including phenoxy) is 2. The molecule has 2 aliphatic heterocycles. The molecule has 0 saturated carbocycles. The van der Waals surface area contributed by atoms with Gasteiger partial charge in [-0.1, -0.05) is 36.4 Å². The summed E-state index contributed by atoms with van der Waals surface area (Å²) in [6.07, 6.45) is 2.93. The second-order valence-corrected chi connectivity index (χ2v) is 11.2. The standard InChI is InChI=1S/C34H35N5O6/c40-23-24-3-5-25(6-4-24)32-20-31(22-37-16-18-38(19-17-37)29-11-13-30(14-12-29)39(42)43)44-34(45-32)26-7-9-28(10-8-26)36-33(41)27-2-1-15-35-21-27/h1-15,21,31-32,34,40H,16-20,22-23H2,(H,36,41). The molecule has 1 amide bonds. The lowest BCUT2D eigenvalue weighted by molar-refractivity contribution is -0.384. The van der Waals surface area contributed by atoms with Crippen LogP contribution in [0.1, 0.15) is 45.9 Å². The maximum Gasteiger partial charge on any atom is 0.269 e. The van der Waals surface area contributed by atoms with Gasteiger partial charge >= 0.3 is 0 Å². The molecule has 2 fully saturated rings. The Morgan fingerprint density at radius 1 is 0.933 bits per heavy atom. The number of aliphatic hydroxyl groups excluding tert-OH is 1. The normalized spacial score (nSPS) is 20.5. The lowest BCUT2D eigenvalue weighted by Gasteiger charge is -2.41. The number of nitro groups is 1. The van der Waals surface area contributed by atoms with Crippen molar-refractivity contribution in [3.05, 3.63) is 130 Å². The van der Waals surface area contributed by atoms with Gasteiger partial charge in [-0.05, 0) is 47.5 Å². The number of amides is 1. The van der Waals surface area contributed by atoms with Crippen LogP contribution in [0.15, 0.2) is 97.3 Å². The van der Waals surface area contributed by atoms with Crippen molar-refractivity contribution in [3.8, 4) is 0 Å². The zero-order valence-electron chi connectivity index (χ0n) is 24.7. The van der Waals surface area contributed by atoms with Crippen molar-refractivity contribution in [2.75, 3.05) is 42.9 Å². The zero-order chi connectivity index (χ0) is 31.2. The summed E-state index contributed by atoms with van der Waals surface area (Å²) in [5, 5.41) is 23.4. The third kappa shape index (κ3) is 7.52. The van der Waals surface area contributed by atoms with E-state index in [1.54, 1.807) is 30.5 Å². The number of hydrogen-bond acceptors (Lipinski definition) is 9. The fourth-order valence-electron chi connectivity index (χ4n) is 5.72. The molecule has 6 rings (SSSR count). The summed E-state index contributed by atoms with van der Waals surface area (Å²) in [5.74, 6) is -0.235. The van der Waals surface area contributed by atoms with Crippen molar-refractivity contribution in [2.45, 2.75) is 31.5 Å². The molecule has 3 unspecified atom stereocenters. The van der Waals surface area contributed by atoms with Crippen molar-refractivity contribution in [1.82, 2.24) is 9.88 Å². The summed E-state index contributed by atoms with van der Waals surface area (Å²) in [4.78, 5) is 31.8. The Kier molecular flexibility index (Phi) is 9.41. The van der Waals surface area contributed by atoms with Crippen molar-refractivity contribution < 1.29 is 24.3 Å². The molecule has 45 heavy (non-hydrogen) atoms. The van der Waals surface area contributed by atoms with Gasteiger partial charge in [-0.3, -0.25) is 24.8 Å². The minimum atomic E-state index is -0.601. The number of aromatic nitrogens is 1. The molecular formula is C34H35N5O6. The molecule has 2 N–H and O–H groups in total. The minimum absolute atomic E-state index is 0.0182. The molecule has 2 saturated heterocycles. The van der Waals surface area contributed by atoms with E-state index in [0.717, 1.165) is 55.1 Å². The molecule has 11 heteroatoms. The second kappa shape index (κ2) is 14.0. The van der Waals surface area contributed by atoms with Gasteiger partial charge in [0.1, 0.15) is 0 Å². The van der Waals surface area contributed by atoms with Gasteiger partial charge in [0, 0.05) is 80.6 Å². The van der Waals surface area contributed by atoms with Gasteiger partial charge in [-0.15, -0.1) is 0 Å². The smallest absolute Gasteiger partial charge is 0.269 e. The molecule has 0 aliphatic carbocycles. The number of nitrogens with zero attached hydrogens (tertiary/aromatic N) is 4. The van der Waals surface area contributed by atoms with Gasteiger partial charge in [0.15, 0.2) is 6.29 Å². The molecule has 0 radical (unpaired) electrons. The van der Waals surface area contributed by atoms with Crippen LogP contribution in [-0.4, -0.2) is 64.6 Å². The third-order valence-electron chi connectivity index (χ3n) is 8.24. The molecule has 0 bridgehead atoms. The van der Waals surface area contributed by atoms with Crippen molar-refractivity contribution >= 4 is 23.0 Å². The average Bonchev–Trinajstić information content (AvgIpc) is 3.09. The van der Waals surface area contributed by atoms with E-state index < -0.39 is 6.29 Å². The molecule has 2 aliphatic rings. The van der Waals surface area contributed by atoms with Crippen LogP contribution >= 0.6 is 0 Å². The Balaban J connectivity index is 1.12. The van der Waals surface area contributed by atoms with Crippen LogP contribution in [0.4, 0.5) is 17.1 Å². The summed E-state index contributed by atoms with van der Waals surface area (Å²) < 4.78 is 13.0. The van der Waals surface area contributed by atoms with Crippen LogP contribution < -0.4 is 10.2 Å². The van der Waals surface area contributed by atoms with Crippen LogP contribution in [0.3, 0.4) is 0 Å². The van der Waals surface area contributed by atoms with Crippen molar-refractivity contribution in [3.63, 3.8) is 0 Å². The molecule has 1 aromatic heterocycles. The number of anilines is 2. The Morgan fingerprint density at radius 3 is 2.29 bits per heavy atom. The molecule has 3 heterocycles. The number of nitro benzene ring substituents is 1. The number of piperazine rings is 1. The van der Waals surface area contributed by atoms with Gasteiger partial charge in [0.25, 0.3) is 11.6 Å². The number of aliphatic hydroxyl groups is 1. The maximum atomic E-state index is 12.6. The van der Waals surface area contributed by atoms with Gasteiger partial charge < -0.3 is 24.8 Å². The summed E-state index contributed by atoms with van der Waals surface area (Å²) in [6.45, 7) is 4.01. The van der Waals surface area contributed by atoms with E-state index in [-0.39, 0.29) is 35.3 Å². The van der Waals surface area contributed by atoms with E-state index in [9.17, 15) is 20.0 Å². The van der Waals surface area contributed by atoms with Crippen LogP contribution in [0.2, 0.25) is 0 Å². The highest BCUT2D eigenvalue weighted by Gasteiger charge is 2.34. The molecule has 11 nitrogen and oxygen atoms in total. The largest absolute Gasteiger partial charge is 0.392 e. The molecule has 4 aromatic rings. The summed E-state index contributed by atoms with van der Waals surface area (Å²) in [6, 6.07) is 25.4. The Morgan fingerprint density at radius 2 is 1.64 bits per heavy atom. The van der Waals surface area contributed by atoms with Gasteiger partial charge in [-0.2, -0.15) is 0 Å². The minimum Gasteiger partial charge on any atom is -0.392 e. The Hall–Kier alpha value is -4.68. The molecular weight excluding hydrogens is 574 g/mol. The van der Waals surface area contributed by atoms with E-state index in [1.807, 2.05) is 60.7 Å². The number of carbonyl (C=O) groups is 1. The van der Waals surface area contributed by atoms with E-state index >= 15 is 0 Å². The van der Waals surface area contributed by atoms with Crippen LogP contribution in [-0.2, 0) is 16.1 Å². The highest BCUT2D eigenvalue weighted by molar-refractivity contribution is 6.04. The van der Waals surface area contributed by atoms with Crippen LogP contribution in [0.25, 0.3) is 0 Å². The molecule has 3 aromatic carbocycles. The average molecular weight is 610 g/mol. The summed E-state index contributed by atoms with van der Waals surface area (Å²) in [5.41, 5.74) is 4.91. The first kappa shape index (κ1) is 30.4. The van der Waals surface area contributed by atoms with E-state index in [0.29, 0.717) is 17.7 Å². The highest BCUT2D eigenvalue weighted by atomic mass is 16.7. The number of benzene rings is 3. The SMILES string of the molecule is O=C(Nc1ccc(C2OC(CN3CCN(c4ccc([N+](=O)[O-])cc4)CC3)CC(c3ccc(CO)cc3)O2)cc1)c1cccnc1. The highest BCUT2D eigenvalue weighted by Crippen LogP contribution is 2.38. The van der Waals surface area contributed by atoms with Crippen LogP contribution in [0.5, 0.6) is 0 Å². The van der Waals surface area contributed by atoms with E-state index in [1.165, 1.54) is 6.20 Å². The first-order valence-corrected chi connectivity index (χ1v) is 15.0. The lowest BCUT2D eigenvalue weighted by atomic mass is 9.99. The number of rotatable bonds is 9. The van der Waals surface area contributed by atoms with Crippen molar-refractivity contribution in [2.24, 2.45) is 0 Å². The summed E-state index contributed by atoms with van der Waals surface area (Å²) >= 11 is 0. The van der Waals surface area contributed by atoms with E-state index in [2.05, 4.69) is 20.1 Å². The van der Waals surface area contributed by atoms with Gasteiger partial charge in [0.2, 0.25) is 0 Å². The number of pyridine rings is 1. The zero-order valence-corrected chi connectivity index (χ0v) is 24.7. The number of hydrogen-bond donors (Lipinski definition) is 2. The third-order valence-corrected chi connectivity index (χ3v) is 8.24. The van der Waals surface area contributed by atoms with Gasteiger partial charge in [-0.25, -0.2) is 0 Å². The maximum absolute atomic E-state index is 12.6. The van der Waals surface area contributed by atoms with E-state index in [4.69, 9.17) is 9.47 Å². The Bertz CT molecular complexity index is 1580. The number of nitrogens with one attached hydrogen (secondary N) is 1. The van der Waals surface area contributed by atoms with Gasteiger partial charge in [0.05, 0.1) is 29.3 Å². The van der Waals surface area contributed by atoms with Crippen LogP contribution in [0, 0.1) is 10.1 Å². The number of carbonyl (C=O) groups excluding carboxylic acids is 1. The quantitative estimate of drug-likeness (QED) is 0.197. The summed E-state index contributed by atoms with van der Waals surface area (Å²) in [7, 11) is 0. The molecule has 3 atom stereocenters. The molecule has 232 valence electrons.